The first-order chi connectivity index (χ1) is 11.6. The average molecular weight is 435 g/mol. The third-order valence-electron chi connectivity index (χ3n) is 3.91. The van der Waals surface area contributed by atoms with Gasteiger partial charge in [0.2, 0.25) is 0 Å². The molecule has 0 aromatic heterocycles. The number of anilines is 1. The van der Waals surface area contributed by atoms with Gasteiger partial charge in [0, 0.05) is 0 Å². The number of benzene rings is 1. The fraction of sp³-hybridized carbons (Fsp3) is 0.412. The molecule has 1 aliphatic heterocycles. The number of carbonyl (C=O) groups excluding carboxylic acids is 1. The third-order valence-corrected chi connectivity index (χ3v) is 12.5. The molecule has 0 saturated carbocycles. The van der Waals surface area contributed by atoms with Gasteiger partial charge in [-0.25, -0.2) is 0 Å². The summed E-state index contributed by atoms with van der Waals surface area (Å²) in [4.78, 5) is 22.0. The molecule has 128 valence electrons. The number of ether oxygens (including phenoxy) is 2. The summed E-state index contributed by atoms with van der Waals surface area (Å²) in [6, 6.07) is 5.41. The Morgan fingerprint density at radius 2 is 2.21 bits per heavy atom. The topological polar surface area (TPSA) is 84.9 Å². The summed E-state index contributed by atoms with van der Waals surface area (Å²) in [5.41, 5.74) is 0.789. The summed E-state index contributed by atoms with van der Waals surface area (Å²) >= 11 is -1.99. The molecule has 0 saturated heterocycles. The molecule has 0 aliphatic carbocycles. The van der Waals surface area contributed by atoms with Gasteiger partial charge in [0.05, 0.1) is 0 Å². The number of aliphatic carboxylic acids is 1. The van der Waals surface area contributed by atoms with Crippen molar-refractivity contribution in [1.29, 1.82) is 0 Å². The van der Waals surface area contributed by atoms with Gasteiger partial charge in [0.15, 0.2) is 0 Å². The number of nitrogens with one attached hydrogen (secondary N) is 1. The van der Waals surface area contributed by atoms with E-state index in [-0.39, 0.29) is 10.2 Å². The van der Waals surface area contributed by atoms with Crippen molar-refractivity contribution in [2.75, 3.05) is 19.0 Å². The number of allylic oxidation sites excluding steroid dienone is 1. The SMILES string of the molecule is COc1cc(N[CH](C=O)[In]2[CH]=CC[CH2]2)cc(OCCCC(=O)O)c1. The fourth-order valence-corrected chi connectivity index (χ4v) is 9.85. The molecule has 2 rings (SSSR count). The second-order valence-electron chi connectivity index (χ2n) is 5.72. The van der Waals surface area contributed by atoms with Gasteiger partial charge in [0.1, 0.15) is 0 Å². The number of carboxylic acid groups (broad SMARTS) is 1. The molecule has 7 heteroatoms. The van der Waals surface area contributed by atoms with E-state index in [1.807, 2.05) is 12.1 Å². The Labute approximate surface area is 149 Å². The van der Waals surface area contributed by atoms with Crippen LogP contribution < -0.4 is 14.8 Å². The molecule has 0 bridgehead atoms. The van der Waals surface area contributed by atoms with Crippen LogP contribution in [0.5, 0.6) is 11.5 Å². The van der Waals surface area contributed by atoms with E-state index in [0.717, 1.165) is 18.4 Å². The van der Waals surface area contributed by atoms with E-state index >= 15 is 0 Å². The van der Waals surface area contributed by atoms with Crippen LogP contribution in [0.2, 0.25) is 4.18 Å². The van der Waals surface area contributed by atoms with Crippen molar-refractivity contribution in [2.24, 2.45) is 0 Å². The standard InChI is InChI=1S/C13H16NO5.C4H6.In/c1-18-11-7-10(14-4-5-15)8-12(9-11)19-6-2-3-13(16)17;1-3-4-2;/h4-5,7-9,14H,2-3,6H2,1H3,(H,16,17);1,3H,2,4H2;. The average Bonchev–Trinajstić information content (AvgIpc) is 3.10. The van der Waals surface area contributed by atoms with E-state index in [9.17, 15) is 9.59 Å². The molecule has 1 aliphatic rings. The molecule has 1 aromatic carbocycles. The van der Waals surface area contributed by atoms with Gasteiger partial charge in [-0.1, -0.05) is 0 Å². The van der Waals surface area contributed by atoms with Crippen molar-refractivity contribution in [3.63, 3.8) is 0 Å². The van der Waals surface area contributed by atoms with Crippen molar-refractivity contribution in [3.8, 4) is 11.5 Å². The summed E-state index contributed by atoms with van der Waals surface area (Å²) in [5, 5.41) is 12.0. The number of methoxy groups -OCH3 is 1. The van der Waals surface area contributed by atoms with Crippen LogP contribution in [-0.4, -0.2) is 56.3 Å². The van der Waals surface area contributed by atoms with Crippen molar-refractivity contribution >= 4 is 39.4 Å². The second kappa shape index (κ2) is 9.61. The number of carboxylic acids is 1. The molecule has 1 atom stereocenters. The molecule has 0 amide bonds. The minimum absolute atomic E-state index is 0.0742. The number of carbonyl (C=O) groups is 2. The van der Waals surface area contributed by atoms with Gasteiger partial charge >= 0.3 is 149 Å². The molecule has 6 nitrogen and oxygen atoms in total. The van der Waals surface area contributed by atoms with Crippen LogP contribution in [0.15, 0.2) is 28.1 Å². The van der Waals surface area contributed by atoms with E-state index in [4.69, 9.17) is 14.6 Å². The molecule has 24 heavy (non-hydrogen) atoms. The van der Waals surface area contributed by atoms with Gasteiger partial charge in [-0.05, 0) is 0 Å². The van der Waals surface area contributed by atoms with Crippen LogP contribution in [0.25, 0.3) is 0 Å². The zero-order valence-electron chi connectivity index (χ0n) is 13.7. The Morgan fingerprint density at radius 1 is 1.42 bits per heavy atom. The van der Waals surface area contributed by atoms with Crippen LogP contribution in [0.4, 0.5) is 5.69 Å². The molecule has 1 aromatic rings. The van der Waals surface area contributed by atoms with Crippen molar-refractivity contribution < 1.29 is 24.2 Å². The number of aldehydes is 1. The minimum atomic E-state index is -1.99. The normalized spacial score (nSPS) is 14.3. The zero-order chi connectivity index (χ0) is 17.4. The van der Waals surface area contributed by atoms with Crippen LogP contribution >= 0.6 is 0 Å². The fourth-order valence-electron chi connectivity index (χ4n) is 2.66. The first-order valence-corrected chi connectivity index (χ1v) is 14.2. The van der Waals surface area contributed by atoms with E-state index in [1.165, 1.54) is 4.18 Å². The molecular weight excluding hydrogens is 413 g/mol. The Balaban J connectivity index is 2.02. The Bertz CT molecular complexity index is 605. The second-order valence-corrected chi connectivity index (χ2v) is 14.3. The molecule has 2 N–H and O–H groups in total. The van der Waals surface area contributed by atoms with Crippen molar-refractivity contribution in [1.82, 2.24) is 0 Å². The van der Waals surface area contributed by atoms with Gasteiger partial charge in [-0.3, -0.25) is 0 Å². The molecule has 0 radical (unpaired) electrons. The van der Waals surface area contributed by atoms with Gasteiger partial charge < -0.3 is 0 Å². The number of rotatable bonds is 10. The predicted octanol–water partition coefficient (Wildman–Crippen LogP) is 2.45. The molecular formula is C17H22InNO5. The summed E-state index contributed by atoms with van der Waals surface area (Å²) < 4.78 is 14.2. The van der Waals surface area contributed by atoms with Crippen LogP contribution in [0, 0.1) is 0 Å². The van der Waals surface area contributed by atoms with E-state index in [0.29, 0.717) is 24.5 Å². The molecule has 0 fully saturated rings. The van der Waals surface area contributed by atoms with E-state index in [1.54, 1.807) is 13.2 Å². The summed E-state index contributed by atoms with van der Waals surface area (Å²) in [7, 11) is 1.57. The van der Waals surface area contributed by atoms with Crippen molar-refractivity contribution in [3.05, 3.63) is 28.1 Å². The first kappa shape index (κ1) is 18.7. The number of hydrogen-bond acceptors (Lipinski definition) is 5. The summed E-state index contributed by atoms with van der Waals surface area (Å²) in [5.74, 6) is 0.400. The van der Waals surface area contributed by atoms with Gasteiger partial charge in [0.25, 0.3) is 0 Å². The van der Waals surface area contributed by atoms with Crippen LogP contribution in [0.3, 0.4) is 0 Å². The first-order valence-electron chi connectivity index (χ1n) is 8.04. The van der Waals surface area contributed by atoms with Crippen LogP contribution in [-0.2, 0) is 9.59 Å². The quantitative estimate of drug-likeness (QED) is 0.434. The number of hydrogen-bond donors (Lipinski definition) is 2. The van der Waals surface area contributed by atoms with Gasteiger partial charge in [-0.2, -0.15) is 0 Å². The summed E-state index contributed by atoms with van der Waals surface area (Å²) in [6.45, 7) is 0.320. The Hall–Kier alpha value is -1.63. The van der Waals surface area contributed by atoms with Crippen molar-refractivity contribution in [2.45, 2.75) is 27.2 Å². The third kappa shape index (κ3) is 5.78. The molecule has 1 unspecified atom stereocenters. The Kier molecular flexibility index (Phi) is 7.49. The summed E-state index contributed by atoms with van der Waals surface area (Å²) in [6.07, 6.45) is 4.80. The maximum absolute atomic E-state index is 11.4. The van der Waals surface area contributed by atoms with Gasteiger partial charge in [-0.15, -0.1) is 0 Å². The molecule has 0 spiro atoms. The predicted molar refractivity (Wildman–Crippen MR) is 93.2 cm³/mol. The monoisotopic (exact) mass is 435 g/mol. The molecule has 1 heterocycles. The Morgan fingerprint density at radius 3 is 2.83 bits per heavy atom. The zero-order valence-corrected chi connectivity index (χ0v) is 17.0. The maximum atomic E-state index is 11.4. The van der Waals surface area contributed by atoms with E-state index in [2.05, 4.69) is 15.2 Å². The van der Waals surface area contributed by atoms with Crippen LogP contribution in [0.1, 0.15) is 19.3 Å². The van der Waals surface area contributed by atoms with E-state index < -0.39 is 27.4 Å².